The molecular weight excluding hydrogens is 218 g/mol. The third-order valence-electron chi connectivity index (χ3n) is 2.38. The lowest BCUT2D eigenvalue weighted by Crippen LogP contribution is -2.22. The Morgan fingerprint density at radius 3 is 2.44 bits per heavy atom. The Kier molecular flexibility index (Phi) is 6.34. The second kappa shape index (κ2) is 7.58. The van der Waals surface area contributed by atoms with Gasteiger partial charge in [0.2, 0.25) is 0 Å². The van der Waals surface area contributed by atoms with Crippen molar-refractivity contribution in [1.82, 2.24) is 5.32 Å². The summed E-state index contributed by atoms with van der Waals surface area (Å²) in [5.41, 5.74) is 1.33. The molecule has 0 bridgehead atoms. The molecule has 16 heavy (non-hydrogen) atoms. The Hall–Kier alpha value is -0.670. The zero-order chi connectivity index (χ0) is 11.8. The number of ether oxygens (including phenoxy) is 1. The van der Waals surface area contributed by atoms with Gasteiger partial charge in [-0.15, -0.1) is 0 Å². The van der Waals surface area contributed by atoms with Gasteiger partial charge in [0.15, 0.2) is 0 Å². The van der Waals surface area contributed by atoms with Crippen LogP contribution in [0.25, 0.3) is 0 Å². The Morgan fingerprint density at radius 1 is 1.25 bits per heavy atom. The summed E-state index contributed by atoms with van der Waals surface area (Å²) in [5, 5.41) is 3.49. The van der Waals surface area contributed by atoms with Crippen LogP contribution in [-0.2, 0) is 0 Å². The molecule has 0 aliphatic rings. The topological polar surface area (TPSA) is 21.3 Å². The number of hydrogen-bond donors (Lipinski definition) is 1. The van der Waals surface area contributed by atoms with Gasteiger partial charge in [-0.05, 0) is 37.4 Å². The molecule has 90 valence electrons. The predicted octanol–water partition coefficient (Wildman–Crippen LogP) is 3.10. The molecule has 2 nitrogen and oxygen atoms in total. The number of rotatable bonds is 7. The molecule has 1 rings (SSSR count). The van der Waals surface area contributed by atoms with E-state index < -0.39 is 0 Å². The molecule has 0 aliphatic heterocycles. The normalized spacial score (nSPS) is 12.4. The molecule has 0 aliphatic carbocycles. The van der Waals surface area contributed by atoms with Gasteiger partial charge >= 0.3 is 0 Å². The van der Waals surface area contributed by atoms with E-state index in [9.17, 15) is 0 Å². The van der Waals surface area contributed by atoms with Crippen molar-refractivity contribution in [3.8, 4) is 5.75 Å². The highest BCUT2D eigenvalue weighted by Gasteiger charge is 2.08. The van der Waals surface area contributed by atoms with Gasteiger partial charge in [0.05, 0.1) is 6.61 Å². The number of thioether (sulfide) groups is 1. The summed E-state index contributed by atoms with van der Waals surface area (Å²) < 4.78 is 5.43. The van der Waals surface area contributed by atoms with Crippen molar-refractivity contribution in [2.45, 2.75) is 19.9 Å². The van der Waals surface area contributed by atoms with Gasteiger partial charge in [0.25, 0.3) is 0 Å². The monoisotopic (exact) mass is 239 g/mol. The molecule has 0 saturated carbocycles. The van der Waals surface area contributed by atoms with Crippen LogP contribution < -0.4 is 10.1 Å². The first-order valence-corrected chi connectivity index (χ1v) is 7.16. The molecule has 0 aromatic heterocycles. The molecule has 1 aromatic carbocycles. The minimum atomic E-state index is 0.440. The van der Waals surface area contributed by atoms with Crippen LogP contribution in [0.15, 0.2) is 24.3 Å². The van der Waals surface area contributed by atoms with Crippen LogP contribution >= 0.6 is 11.8 Å². The van der Waals surface area contributed by atoms with E-state index in [4.69, 9.17) is 4.74 Å². The van der Waals surface area contributed by atoms with Crippen molar-refractivity contribution in [1.29, 1.82) is 0 Å². The lowest BCUT2D eigenvalue weighted by molar-refractivity contribution is 0.340. The van der Waals surface area contributed by atoms with Crippen molar-refractivity contribution in [3.63, 3.8) is 0 Å². The van der Waals surface area contributed by atoms with E-state index in [1.807, 2.05) is 30.8 Å². The summed E-state index contributed by atoms with van der Waals surface area (Å²) in [6, 6.07) is 8.83. The largest absolute Gasteiger partial charge is 0.494 e. The first-order chi connectivity index (χ1) is 7.81. The first kappa shape index (κ1) is 13.4. The molecule has 0 fully saturated rings. The molecule has 0 radical (unpaired) electrons. The number of nitrogens with one attached hydrogen (secondary N) is 1. The van der Waals surface area contributed by atoms with Crippen LogP contribution in [0, 0.1) is 0 Å². The van der Waals surface area contributed by atoms with Crippen molar-refractivity contribution in [3.05, 3.63) is 29.8 Å². The van der Waals surface area contributed by atoms with Crippen LogP contribution in [-0.4, -0.2) is 25.2 Å². The van der Waals surface area contributed by atoms with Crippen molar-refractivity contribution in [2.24, 2.45) is 0 Å². The van der Waals surface area contributed by atoms with Crippen LogP contribution in [0.1, 0.15) is 25.5 Å². The van der Waals surface area contributed by atoms with Gasteiger partial charge in [-0.25, -0.2) is 0 Å². The van der Waals surface area contributed by atoms with E-state index in [0.29, 0.717) is 6.04 Å². The molecule has 3 heteroatoms. The molecular formula is C13H21NOS. The molecule has 0 spiro atoms. The van der Waals surface area contributed by atoms with Gasteiger partial charge in [0, 0.05) is 11.8 Å². The standard InChI is InChI=1S/C13H21NOS/c1-4-14-13(10-16-3)11-6-8-12(9-7-11)15-5-2/h6-9,13-14H,4-5,10H2,1-3H3. The molecule has 0 saturated heterocycles. The van der Waals surface area contributed by atoms with E-state index in [2.05, 4.69) is 30.6 Å². The fraction of sp³-hybridized carbons (Fsp3) is 0.538. The lowest BCUT2D eigenvalue weighted by Gasteiger charge is -2.17. The zero-order valence-electron chi connectivity index (χ0n) is 10.3. The minimum Gasteiger partial charge on any atom is -0.494 e. The molecule has 1 aromatic rings. The van der Waals surface area contributed by atoms with Crippen LogP contribution in [0.4, 0.5) is 0 Å². The summed E-state index contributed by atoms with van der Waals surface area (Å²) in [4.78, 5) is 0. The van der Waals surface area contributed by atoms with Gasteiger partial charge in [-0.1, -0.05) is 19.1 Å². The predicted molar refractivity (Wildman–Crippen MR) is 72.4 cm³/mol. The van der Waals surface area contributed by atoms with Crippen LogP contribution in [0.5, 0.6) is 5.75 Å². The van der Waals surface area contributed by atoms with E-state index in [0.717, 1.165) is 24.7 Å². The summed E-state index contributed by atoms with van der Waals surface area (Å²) in [6.45, 7) is 5.87. The Morgan fingerprint density at radius 2 is 1.94 bits per heavy atom. The Labute approximate surface area is 103 Å². The van der Waals surface area contributed by atoms with E-state index in [-0.39, 0.29) is 0 Å². The average Bonchev–Trinajstić information content (AvgIpc) is 2.30. The van der Waals surface area contributed by atoms with Gasteiger partial charge < -0.3 is 10.1 Å². The molecule has 1 atom stereocenters. The highest BCUT2D eigenvalue weighted by molar-refractivity contribution is 7.98. The van der Waals surface area contributed by atoms with Crippen molar-refractivity contribution >= 4 is 11.8 Å². The maximum absolute atomic E-state index is 5.43. The van der Waals surface area contributed by atoms with E-state index in [1.165, 1.54) is 5.56 Å². The fourth-order valence-electron chi connectivity index (χ4n) is 1.65. The van der Waals surface area contributed by atoms with Gasteiger partial charge in [-0.2, -0.15) is 11.8 Å². The second-order valence-electron chi connectivity index (χ2n) is 3.57. The van der Waals surface area contributed by atoms with E-state index in [1.54, 1.807) is 0 Å². The Balaban J connectivity index is 2.68. The molecule has 0 heterocycles. The maximum Gasteiger partial charge on any atom is 0.119 e. The second-order valence-corrected chi connectivity index (χ2v) is 4.48. The summed E-state index contributed by atoms with van der Waals surface area (Å²) >= 11 is 1.87. The number of benzene rings is 1. The molecule has 0 amide bonds. The summed E-state index contributed by atoms with van der Waals surface area (Å²) in [7, 11) is 0. The zero-order valence-corrected chi connectivity index (χ0v) is 11.1. The highest BCUT2D eigenvalue weighted by atomic mass is 32.2. The van der Waals surface area contributed by atoms with Crippen molar-refractivity contribution in [2.75, 3.05) is 25.2 Å². The van der Waals surface area contributed by atoms with Gasteiger partial charge in [-0.3, -0.25) is 0 Å². The SMILES string of the molecule is CCNC(CSC)c1ccc(OCC)cc1. The first-order valence-electron chi connectivity index (χ1n) is 5.76. The smallest absolute Gasteiger partial charge is 0.119 e. The minimum absolute atomic E-state index is 0.440. The number of hydrogen-bond acceptors (Lipinski definition) is 3. The average molecular weight is 239 g/mol. The third kappa shape index (κ3) is 4.06. The fourth-order valence-corrected chi connectivity index (χ4v) is 2.29. The quantitative estimate of drug-likeness (QED) is 0.790. The molecule has 1 N–H and O–H groups in total. The van der Waals surface area contributed by atoms with Crippen molar-refractivity contribution < 1.29 is 4.74 Å². The Bertz CT molecular complexity index is 280. The van der Waals surface area contributed by atoms with Gasteiger partial charge in [0.1, 0.15) is 5.75 Å². The summed E-state index contributed by atoms with van der Waals surface area (Å²) in [6.07, 6.45) is 2.14. The van der Waals surface area contributed by atoms with E-state index >= 15 is 0 Å². The van der Waals surface area contributed by atoms with Crippen LogP contribution in [0.3, 0.4) is 0 Å². The highest BCUT2D eigenvalue weighted by Crippen LogP contribution is 2.20. The third-order valence-corrected chi connectivity index (χ3v) is 3.04. The maximum atomic E-state index is 5.43. The lowest BCUT2D eigenvalue weighted by atomic mass is 10.1. The van der Waals surface area contributed by atoms with Crippen LogP contribution in [0.2, 0.25) is 0 Å². The molecule has 1 unspecified atom stereocenters. The summed E-state index contributed by atoms with van der Waals surface area (Å²) in [5.74, 6) is 2.05.